The molecule has 0 bridgehead atoms. The fraction of sp³-hybridized carbons (Fsp3) is 0.500. The summed E-state index contributed by atoms with van der Waals surface area (Å²) < 4.78 is 1.81. The average Bonchev–Trinajstić information content (AvgIpc) is 2.62. The molecule has 1 unspecified atom stereocenters. The Morgan fingerprint density at radius 2 is 2.18 bits per heavy atom. The Kier molecular flexibility index (Phi) is 4.08. The van der Waals surface area contributed by atoms with Crippen LogP contribution in [0.2, 0.25) is 0 Å². The normalized spacial score (nSPS) is 18.9. The molecule has 0 saturated heterocycles. The van der Waals surface area contributed by atoms with Crippen molar-refractivity contribution in [1.29, 1.82) is 0 Å². The SMILES string of the molecule is CN(C)/C=C(/C=[N+](C)C)C1=NN=CC1[N+](=O)[O-]. The predicted octanol–water partition coefficient (Wildman–Crippen LogP) is -0.139. The minimum Gasteiger partial charge on any atom is -0.383 e. The van der Waals surface area contributed by atoms with Crippen LogP contribution in [0.1, 0.15) is 0 Å². The van der Waals surface area contributed by atoms with Gasteiger partial charge in [-0.25, -0.2) is 4.58 Å². The Morgan fingerprint density at radius 1 is 1.53 bits per heavy atom. The van der Waals surface area contributed by atoms with E-state index in [9.17, 15) is 10.1 Å². The second-order valence-electron chi connectivity index (χ2n) is 4.12. The molecule has 0 fully saturated rings. The lowest BCUT2D eigenvalue weighted by Gasteiger charge is -2.08. The van der Waals surface area contributed by atoms with Gasteiger partial charge in [0.2, 0.25) is 0 Å². The van der Waals surface area contributed by atoms with Gasteiger partial charge in [-0.15, -0.1) is 5.10 Å². The summed E-state index contributed by atoms with van der Waals surface area (Å²) in [5.74, 6) is 0. The Morgan fingerprint density at radius 3 is 2.65 bits per heavy atom. The van der Waals surface area contributed by atoms with Crippen molar-refractivity contribution in [3.63, 3.8) is 0 Å². The largest absolute Gasteiger partial charge is 0.383 e. The van der Waals surface area contributed by atoms with E-state index < -0.39 is 11.0 Å². The molecule has 1 heterocycles. The monoisotopic (exact) mass is 238 g/mol. The molecular formula is C10H16N5O2+. The lowest BCUT2D eigenvalue weighted by atomic mass is 10.1. The molecule has 7 nitrogen and oxygen atoms in total. The second kappa shape index (κ2) is 5.33. The molecule has 0 saturated carbocycles. The van der Waals surface area contributed by atoms with Crippen molar-refractivity contribution in [2.24, 2.45) is 10.2 Å². The van der Waals surface area contributed by atoms with Gasteiger partial charge < -0.3 is 4.90 Å². The van der Waals surface area contributed by atoms with Crippen molar-refractivity contribution < 1.29 is 9.50 Å². The Hall–Kier alpha value is -2.05. The van der Waals surface area contributed by atoms with Crippen LogP contribution < -0.4 is 0 Å². The summed E-state index contributed by atoms with van der Waals surface area (Å²) in [7, 11) is 7.39. The van der Waals surface area contributed by atoms with E-state index in [2.05, 4.69) is 10.2 Å². The van der Waals surface area contributed by atoms with Crippen LogP contribution in [-0.4, -0.2) is 66.8 Å². The van der Waals surface area contributed by atoms with E-state index in [0.717, 1.165) is 0 Å². The van der Waals surface area contributed by atoms with E-state index >= 15 is 0 Å². The molecule has 0 spiro atoms. The molecule has 0 aromatic heterocycles. The van der Waals surface area contributed by atoms with Crippen molar-refractivity contribution >= 4 is 18.1 Å². The maximum absolute atomic E-state index is 10.9. The summed E-state index contributed by atoms with van der Waals surface area (Å²) in [5, 5.41) is 18.3. The maximum Gasteiger partial charge on any atom is 0.294 e. The summed E-state index contributed by atoms with van der Waals surface area (Å²) in [6.45, 7) is 0. The van der Waals surface area contributed by atoms with E-state index in [-0.39, 0.29) is 0 Å². The molecule has 92 valence electrons. The predicted molar refractivity (Wildman–Crippen MR) is 66.7 cm³/mol. The molecule has 1 rings (SSSR count). The van der Waals surface area contributed by atoms with Gasteiger partial charge in [-0.05, 0) is 0 Å². The van der Waals surface area contributed by atoms with Gasteiger partial charge in [-0.1, -0.05) is 0 Å². The first-order valence-corrected chi connectivity index (χ1v) is 5.06. The number of nitro groups is 1. The molecule has 0 aromatic carbocycles. The molecule has 0 N–H and O–H groups in total. The van der Waals surface area contributed by atoms with Crippen LogP contribution in [0.5, 0.6) is 0 Å². The maximum atomic E-state index is 10.9. The molecule has 7 heteroatoms. The summed E-state index contributed by atoms with van der Waals surface area (Å²) in [6.07, 6.45) is 4.80. The van der Waals surface area contributed by atoms with Gasteiger partial charge in [0.05, 0.1) is 5.57 Å². The first kappa shape index (κ1) is 13.0. The van der Waals surface area contributed by atoms with Gasteiger partial charge in [0.1, 0.15) is 20.3 Å². The van der Waals surface area contributed by atoms with Crippen molar-refractivity contribution in [3.05, 3.63) is 21.9 Å². The molecular weight excluding hydrogens is 222 g/mol. The van der Waals surface area contributed by atoms with Crippen LogP contribution in [0.25, 0.3) is 0 Å². The summed E-state index contributed by atoms with van der Waals surface area (Å²) in [5.41, 5.74) is 1.04. The van der Waals surface area contributed by atoms with E-state index in [1.807, 2.05) is 37.7 Å². The second-order valence-corrected chi connectivity index (χ2v) is 4.12. The smallest absolute Gasteiger partial charge is 0.294 e. The number of rotatable bonds is 4. The van der Waals surface area contributed by atoms with Gasteiger partial charge in [0.15, 0.2) is 11.9 Å². The van der Waals surface area contributed by atoms with Crippen LogP contribution in [0.3, 0.4) is 0 Å². The van der Waals surface area contributed by atoms with Gasteiger partial charge >= 0.3 is 0 Å². The highest BCUT2D eigenvalue weighted by Crippen LogP contribution is 2.09. The molecule has 0 aliphatic carbocycles. The third kappa shape index (κ3) is 3.47. The lowest BCUT2D eigenvalue weighted by Crippen LogP contribution is -2.31. The van der Waals surface area contributed by atoms with E-state index in [1.54, 1.807) is 12.4 Å². The first-order chi connectivity index (χ1) is 7.91. The third-order valence-corrected chi connectivity index (χ3v) is 1.97. The van der Waals surface area contributed by atoms with Crippen molar-refractivity contribution in [1.82, 2.24) is 4.90 Å². The molecule has 0 amide bonds. The molecule has 0 radical (unpaired) electrons. The fourth-order valence-corrected chi connectivity index (χ4v) is 1.39. The van der Waals surface area contributed by atoms with Crippen LogP contribution in [0, 0.1) is 10.1 Å². The highest BCUT2D eigenvalue weighted by atomic mass is 16.6. The first-order valence-electron chi connectivity index (χ1n) is 5.06. The molecule has 17 heavy (non-hydrogen) atoms. The Bertz CT molecular complexity index is 430. The van der Waals surface area contributed by atoms with E-state index in [0.29, 0.717) is 11.3 Å². The fourth-order valence-electron chi connectivity index (χ4n) is 1.39. The number of nitrogens with zero attached hydrogens (tertiary/aromatic N) is 5. The third-order valence-electron chi connectivity index (χ3n) is 1.97. The van der Waals surface area contributed by atoms with Gasteiger partial charge in [-0.3, -0.25) is 10.1 Å². The summed E-state index contributed by atoms with van der Waals surface area (Å²) in [4.78, 5) is 12.3. The van der Waals surface area contributed by atoms with Crippen LogP contribution in [-0.2, 0) is 0 Å². The van der Waals surface area contributed by atoms with Crippen LogP contribution in [0.4, 0.5) is 0 Å². The molecule has 1 atom stereocenters. The summed E-state index contributed by atoms with van der Waals surface area (Å²) in [6, 6.07) is -0.961. The highest BCUT2D eigenvalue weighted by Gasteiger charge is 2.32. The number of hydrogen-bond acceptors (Lipinski definition) is 5. The minimum atomic E-state index is -0.961. The van der Waals surface area contributed by atoms with Gasteiger partial charge in [0.25, 0.3) is 6.04 Å². The lowest BCUT2D eigenvalue weighted by molar-refractivity contribution is -0.482. The van der Waals surface area contributed by atoms with Crippen molar-refractivity contribution in [2.45, 2.75) is 6.04 Å². The number of hydrogen-bond donors (Lipinski definition) is 0. The zero-order valence-electron chi connectivity index (χ0n) is 10.4. The minimum absolute atomic E-state index is 0.359. The summed E-state index contributed by atoms with van der Waals surface area (Å²) >= 11 is 0. The Balaban J connectivity index is 3.09. The quantitative estimate of drug-likeness (QED) is 0.296. The van der Waals surface area contributed by atoms with Crippen LogP contribution >= 0.6 is 0 Å². The zero-order chi connectivity index (χ0) is 13.0. The Labute approximate surface area is 99.6 Å². The standard InChI is InChI=1S/C10H16N5O2/c1-13(2)6-8(7-14(3)4)10-9(15(16)17)5-11-12-10/h5-7,9H,1-4H3/q+1. The molecule has 0 aromatic rings. The average molecular weight is 238 g/mol. The zero-order valence-corrected chi connectivity index (χ0v) is 10.4. The topological polar surface area (TPSA) is 74.1 Å². The van der Waals surface area contributed by atoms with Crippen molar-refractivity contribution in [2.75, 3.05) is 28.2 Å². The van der Waals surface area contributed by atoms with E-state index in [4.69, 9.17) is 0 Å². The van der Waals surface area contributed by atoms with Crippen molar-refractivity contribution in [3.8, 4) is 0 Å². The van der Waals surface area contributed by atoms with Gasteiger partial charge in [-0.2, -0.15) is 5.10 Å². The highest BCUT2D eigenvalue weighted by molar-refractivity contribution is 6.23. The molecule has 1 aliphatic heterocycles. The van der Waals surface area contributed by atoms with E-state index in [1.165, 1.54) is 6.21 Å². The van der Waals surface area contributed by atoms with Crippen LogP contribution in [0.15, 0.2) is 22.0 Å². The van der Waals surface area contributed by atoms with Gasteiger partial charge in [0, 0.05) is 25.2 Å². The molecule has 1 aliphatic rings.